The van der Waals surface area contributed by atoms with E-state index in [0.717, 1.165) is 62.7 Å². The summed E-state index contributed by atoms with van der Waals surface area (Å²) in [7, 11) is 0. The van der Waals surface area contributed by atoms with E-state index >= 15 is 0 Å². The monoisotopic (exact) mass is 296 g/mol. The molecule has 0 unspecified atom stereocenters. The fraction of sp³-hybridized carbons (Fsp3) is 1.00. The zero-order valence-electron chi connectivity index (χ0n) is 10.9. The molecule has 0 spiro atoms. The van der Waals surface area contributed by atoms with Crippen LogP contribution in [0.2, 0.25) is 0 Å². The zero-order chi connectivity index (χ0) is 12.7. The van der Waals surface area contributed by atoms with E-state index in [2.05, 4.69) is 0 Å². The van der Waals surface area contributed by atoms with Crippen molar-refractivity contribution < 1.29 is 18.9 Å². The lowest BCUT2D eigenvalue weighted by molar-refractivity contribution is 0.0602. The highest BCUT2D eigenvalue weighted by Gasteiger charge is 1.96. The molecule has 0 atom stereocenters. The fourth-order valence-corrected chi connectivity index (χ4v) is 2.58. The first-order valence-corrected chi connectivity index (χ1v) is 8.77. The number of hydrogen-bond acceptors (Lipinski definition) is 6. The predicted molar refractivity (Wildman–Crippen MR) is 77.7 cm³/mol. The van der Waals surface area contributed by atoms with Gasteiger partial charge < -0.3 is 18.9 Å². The molecule has 1 rings (SSSR count). The van der Waals surface area contributed by atoms with Gasteiger partial charge in [0.1, 0.15) is 0 Å². The van der Waals surface area contributed by atoms with Gasteiger partial charge in [-0.1, -0.05) is 0 Å². The first-order chi connectivity index (χ1) is 9.00. The van der Waals surface area contributed by atoms with Crippen LogP contribution in [0.4, 0.5) is 0 Å². The molecule has 0 aromatic heterocycles. The summed E-state index contributed by atoms with van der Waals surface area (Å²) in [4.78, 5) is 0. The van der Waals surface area contributed by atoms with Gasteiger partial charge in [0.05, 0.1) is 39.0 Å². The number of rotatable bonds is 0. The quantitative estimate of drug-likeness (QED) is 0.679. The highest BCUT2D eigenvalue weighted by Crippen LogP contribution is 2.02. The van der Waals surface area contributed by atoms with E-state index < -0.39 is 0 Å². The Hall–Kier alpha value is 0.540. The Balaban J connectivity index is 2.00. The number of hydrogen-bond donors (Lipinski definition) is 0. The third kappa shape index (κ3) is 11.6. The van der Waals surface area contributed by atoms with Crippen LogP contribution in [-0.4, -0.2) is 69.4 Å². The van der Waals surface area contributed by atoms with Gasteiger partial charge in [-0.25, -0.2) is 0 Å². The Morgan fingerprint density at radius 3 is 1.78 bits per heavy atom. The summed E-state index contributed by atoms with van der Waals surface area (Å²) < 4.78 is 21.9. The van der Waals surface area contributed by atoms with E-state index in [1.165, 1.54) is 0 Å². The van der Waals surface area contributed by atoms with Gasteiger partial charge >= 0.3 is 0 Å². The first kappa shape index (κ1) is 16.6. The molecule has 4 nitrogen and oxygen atoms in total. The van der Waals surface area contributed by atoms with Crippen molar-refractivity contribution in [1.29, 1.82) is 0 Å². The summed E-state index contributed by atoms with van der Waals surface area (Å²) in [6, 6.07) is 0. The largest absolute Gasteiger partial charge is 0.381 e. The minimum atomic E-state index is 0.690. The molecule has 108 valence electrons. The third-order valence-corrected chi connectivity index (χ3v) is 3.93. The average molecular weight is 296 g/mol. The van der Waals surface area contributed by atoms with Gasteiger partial charge in [0.15, 0.2) is 0 Å². The van der Waals surface area contributed by atoms with Gasteiger partial charge in [-0.2, -0.15) is 11.8 Å². The van der Waals surface area contributed by atoms with E-state index in [1.54, 1.807) is 11.8 Å². The molecule has 1 aliphatic rings. The van der Waals surface area contributed by atoms with Crippen molar-refractivity contribution >= 4 is 23.5 Å². The van der Waals surface area contributed by atoms with Crippen LogP contribution in [0.15, 0.2) is 0 Å². The average Bonchev–Trinajstić information content (AvgIpc) is 2.39. The Morgan fingerprint density at radius 2 is 1.06 bits per heavy atom. The highest BCUT2D eigenvalue weighted by atomic mass is 32.2. The van der Waals surface area contributed by atoms with Crippen molar-refractivity contribution in [2.24, 2.45) is 0 Å². The molecule has 1 fully saturated rings. The maximum Gasteiger partial charge on any atom is 0.0921 e. The van der Waals surface area contributed by atoms with E-state index in [1.807, 2.05) is 11.8 Å². The van der Waals surface area contributed by atoms with Crippen molar-refractivity contribution in [3.8, 4) is 0 Å². The zero-order valence-corrected chi connectivity index (χ0v) is 12.6. The SMILES string of the molecule is C1COCCSCCOCCOCCSCOC1. The lowest BCUT2D eigenvalue weighted by Gasteiger charge is -2.08. The van der Waals surface area contributed by atoms with E-state index in [4.69, 9.17) is 18.9 Å². The summed E-state index contributed by atoms with van der Waals surface area (Å²) in [6.07, 6.45) is 0.977. The second-order valence-corrected chi connectivity index (χ2v) is 6.01. The summed E-state index contributed by atoms with van der Waals surface area (Å²) in [6.45, 7) is 5.36. The molecule has 1 aliphatic heterocycles. The molecule has 1 heterocycles. The summed E-state index contributed by atoms with van der Waals surface area (Å²) in [5, 5.41) is 0. The van der Waals surface area contributed by atoms with Crippen LogP contribution in [0, 0.1) is 0 Å². The smallest absolute Gasteiger partial charge is 0.0921 e. The molecule has 1 saturated heterocycles. The van der Waals surface area contributed by atoms with Gasteiger partial charge in [0.25, 0.3) is 0 Å². The first-order valence-electron chi connectivity index (χ1n) is 6.46. The molecule has 0 bridgehead atoms. The molecule has 0 aromatic rings. The fourth-order valence-electron chi connectivity index (χ4n) is 1.32. The van der Waals surface area contributed by atoms with Crippen LogP contribution in [-0.2, 0) is 18.9 Å². The van der Waals surface area contributed by atoms with Crippen LogP contribution in [0.5, 0.6) is 0 Å². The summed E-state index contributed by atoms with van der Waals surface area (Å²) in [5.74, 6) is 3.79. The van der Waals surface area contributed by atoms with Gasteiger partial charge in [-0.15, -0.1) is 11.8 Å². The molecule has 0 aromatic carbocycles. The maximum absolute atomic E-state index is 5.51. The van der Waals surface area contributed by atoms with Crippen molar-refractivity contribution in [2.75, 3.05) is 69.4 Å². The lowest BCUT2D eigenvalue weighted by Crippen LogP contribution is -2.10. The van der Waals surface area contributed by atoms with Crippen molar-refractivity contribution in [1.82, 2.24) is 0 Å². The maximum atomic E-state index is 5.51. The molecule has 18 heavy (non-hydrogen) atoms. The second-order valence-electron chi connectivity index (χ2n) is 3.74. The van der Waals surface area contributed by atoms with Crippen LogP contribution >= 0.6 is 23.5 Å². The van der Waals surface area contributed by atoms with E-state index in [0.29, 0.717) is 13.2 Å². The Labute approximate surface area is 118 Å². The van der Waals surface area contributed by atoms with Crippen LogP contribution in [0.1, 0.15) is 6.42 Å². The van der Waals surface area contributed by atoms with E-state index in [-0.39, 0.29) is 0 Å². The molecule has 0 radical (unpaired) electrons. The minimum absolute atomic E-state index is 0.690. The molecular weight excluding hydrogens is 272 g/mol. The lowest BCUT2D eigenvalue weighted by atomic mass is 10.5. The molecule has 0 aliphatic carbocycles. The van der Waals surface area contributed by atoms with Crippen LogP contribution in [0.3, 0.4) is 0 Å². The summed E-state index contributed by atoms with van der Waals surface area (Å²) >= 11 is 3.64. The van der Waals surface area contributed by atoms with Gasteiger partial charge in [0, 0.05) is 30.5 Å². The van der Waals surface area contributed by atoms with Crippen LogP contribution in [0.25, 0.3) is 0 Å². The van der Waals surface area contributed by atoms with Crippen molar-refractivity contribution in [3.05, 3.63) is 0 Å². The minimum Gasteiger partial charge on any atom is -0.381 e. The number of thioether (sulfide) groups is 2. The second kappa shape index (κ2) is 14.0. The topological polar surface area (TPSA) is 36.9 Å². The molecule has 0 saturated carbocycles. The molecule has 0 amide bonds. The Morgan fingerprint density at radius 1 is 0.500 bits per heavy atom. The Bertz CT molecular complexity index is 97.1. The summed E-state index contributed by atoms with van der Waals surface area (Å²) in [5.41, 5.74) is 0. The molecule has 0 N–H and O–H groups in total. The van der Waals surface area contributed by atoms with Crippen LogP contribution < -0.4 is 0 Å². The molecular formula is C12H24O4S2. The third-order valence-electron chi connectivity index (χ3n) is 2.23. The predicted octanol–water partition coefficient (Wildman–Crippen LogP) is 1.88. The standard InChI is InChI=1S/C12H24O4S2/c1-2-13-6-9-17-10-7-14-4-5-15-8-11-18-12-16-3-1/h1-12H2. The van der Waals surface area contributed by atoms with E-state index in [9.17, 15) is 0 Å². The van der Waals surface area contributed by atoms with Gasteiger partial charge in [-0.05, 0) is 6.42 Å². The number of ether oxygens (including phenoxy) is 4. The Kier molecular flexibility index (Phi) is 12.9. The normalized spacial score (nSPS) is 24.0. The van der Waals surface area contributed by atoms with Crippen molar-refractivity contribution in [3.63, 3.8) is 0 Å². The molecule has 6 heteroatoms. The van der Waals surface area contributed by atoms with Crippen molar-refractivity contribution in [2.45, 2.75) is 6.42 Å². The van der Waals surface area contributed by atoms with Gasteiger partial charge in [-0.3, -0.25) is 0 Å². The highest BCUT2D eigenvalue weighted by molar-refractivity contribution is 7.99. The van der Waals surface area contributed by atoms with Gasteiger partial charge in [0.2, 0.25) is 0 Å².